The number of anilines is 2. The maximum Gasteiger partial charge on any atom is 0.416 e. The monoisotopic (exact) mass is 755 g/mol. The third kappa shape index (κ3) is 5.75. The largest absolute Gasteiger partial charge is 0.503 e. The summed E-state index contributed by atoms with van der Waals surface area (Å²) in [6.45, 7) is 4.48. The van der Waals surface area contributed by atoms with E-state index in [4.69, 9.17) is 30.9 Å². The topological polar surface area (TPSA) is 155 Å². The molecule has 4 aromatic rings. The fourth-order valence-electron chi connectivity index (χ4n) is 7.62. The molecule has 1 amide bonds. The second kappa shape index (κ2) is 12.6. The Balaban J connectivity index is 1.03. The standard InChI is InChI=1S/C34H33ClF3N9O6/c1-17-14-23(47-33(53-47)40-22-3-2-20(15-21(22)35)34(36,37)38)45-25(17)26(31(50)46-32(45)41-29(42-46)18-4-11-51-12-5-18)43-7-9-44(10-8-43)30(49)24-27(48)28-19(16-39-24)6-13-52-28/h2-4,15-17,23,33,40,48H,5-14H2,1H3/t17-,23+,33?,47?/m1/s1. The molecular formula is C34H33ClF3N9O6. The molecule has 5 aliphatic heterocycles. The number of carbonyl (C=O) groups is 1. The van der Waals surface area contributed by atoms with Gasteiger partial charge in [0.2, 0.25) is 12.1 Å². The number of hydrogen-bond acceptors (Lipinski definition) is 12. The number of ether oxygens (including phenoxy) is 2. The lowest BCUT2D eigenvalue weighted by molar-refractivity contribution is -0.137. The second-order valence-electron chi connectivity index (χ2n) is 13.6. The summed E-state index contributed by atoms with van der Waals surface area (Å²) in [4.78, 5) is 46.5. The zero-order valence-electron chi connectivity index (χ0n) is 28.3. The number of benzene rings is 1. The molecule has 8 heterocycles. The molecule has 0 spiro atoms. The quantitative estimate of drug-likeness (QED) is 0.273. The normalized spacial score (nSPS) is 23.8. The van der Waals surface area contributed by atoms with Crippen LogP contribution in [0.3, 0.4) is 0 Å². The molecule has 9 rings (SSSR count). The summed E-state index contributed by atoms with van der Waals surface area (Å²) in [6.07, 6.45) is -0.557. The first-order chi connectivity index (χ1) is 25.5. The first-order valence-electron chi connectivity index (χ1n) is 17.3. The molecule has 2 saturated heterocycles. The summed E-state index contributed by atoms with van der Waals surface area (Å²) in [6, 6.07) is 3.07. The lowest BCUT2D eigenvalue weighted by Gasteiger charge is -2.36. The van der Waals surface area contributed by atoms with Crippen LogP contribution in [0.1, 0.15) is 65.0 Å². The van der Waals surface area contributed by atoms with E-state index in [0.29, 0.717) is 75.2 Å². The number of carbonyl (C=O) groups excluding carboxylic acids is 1. The predicted octanol–water partition coefficient (Wildman–Crippen LogP) is 4.01. The van der Waals surface area contributed by atoms with Crippen molar-refractivity contribution >= 4 is 40.2 Å². The number of amides is 1. The first kappa shape index (κ1) is 33.9. The summed E-state index contributed by atoms with van der Waals surface area (Å²) >= 11 is 6.23. The van der Waals surface area contributed by atoms with E-state index in [0.717, 1.165) is 29.0 Å². The van der Waals surface area contributed by atoms with Crippen LogP contribution < -0.4 is 20.5 Å². The number of fused-ring (bicyclic) bond motifs is 4. The number of aromatic hydroxyl groups is 1. The SMILES string of the molecule is C[C@@H]1C[C@H](N2OC2Nc2ccc(C(F)(F)F)cc2Cl)n2c1c(N1CCN(C(=O)c3ncc4c(c3O)OCC4)CC1)c(=O)n1nc(C3=CCOCC3)nc21. The van der Waals surface area contributed by atoms with Crippen molar-refractivity contribution in [1.29, 1.82) is 0 Å². The molecule has 2 N–H and O–H groups in total. The molecule has 0 bridgehead atoms. The average Bonchev–Trinajstić information content (AvgIpc) is 3.45. The van der Waals surface area contributed by atoms with Crippen LogP contribution >= 0.6 is 11.6 Å². The second-order valence-corrected chi connectivity index (χ2v) is 14.0. The van der Waals surface area contributed by atoms with Crippen LogP contribution in [0.4, 0.5) is 24.5 Å². The minimum atomic E-state index is -4.54. The molecule has 1 aromatic carbocycles. The molecule has 53 heavy (non-hydrogen) atoms. The van der Waals surface area contributed by atoms with Gasteiger partial charge in [-0.3, -0.25) is 14.2 Å². The van der Waals surface area contributed by atoms with Crippen LogP contribution in [-0.2, 0) is 22.2 Å². The highest BCUT2D eigenvalue weighted by Gasteiger charge is 2.50. The van der Waals surface area contributed by atoms with Crippen LogP contribution in [0.25, 0.3) is 11.4 Å². The van der Waals surface area contributed by atoms with Gasteiger partial charge in [-0.1, -0.05) is 24.6 Å². The summed E-state index contributed by atoms with van der Waals surface area (Å²) in [7, 11) is 0. The zero-order valence-corrected chi connectivity index (χ0v) is 29.0. The molecule has 5 aliphatic rings. The number of nitrogens with zero attached hydrogens (tertiary/aromatic N) is 8. The zero-order chi connectivity index (χ0) is 36.8. The Hall–Kier alpha value is -4.91. The Morgan fingerprint density at radius 2 is 1.94 bits per heavy atom. The Labute approximate surface area is 304 Å². The summed E-state index contributed by atoms with van der Waals surface area (Å²) in [5.41, 5.74) is 1.75. The Bertz CT molecular complexity index is 2250. The number of nitrogens with one attached hydrogen (secondary N) is 1. The van der Waals surface area contributed by atoms with Crippen LogP contribution in [0.5, 0.6) is 11.5 Å². The van der Waals surface area contributed by atoms with E-state index in [-0.39, 0.29) is 46.7 Å². The lowest BCUT2D eigenvalue weighted by atomic mass is 10.0. The van der Waals surface area contributed by atoms with Crippen molar-refractivity contribution < 1.29 is 37.4 Å². The van der Waals surface area contributed by atoms with E-state index in [1.54, 1.807) is 16.2 Å². The van der Waals surface area contributed by atoms with E-state index >= 15 is 0 Å². The smallest absolute Gasteiger partial charge is 0.416 e. The van der Waals surface area contributed by atoms with Gasteiger partial charge >= 0.3 is 6.18 Å². The maximum absolute atomic E-state index is 14.4. The number of aromatic nitrogens is 5. The number of halogens is 4. The highest BCUT2D eigenvalue weighted by molar-refractivity contribution is 6.33. The average molecular weight is 756 g/mol. The fraction of sp³-hybridized carbons (Fsp3) is 0.441. The number of alkyl halides is 3. The Morgan fingerprint density at radius 1 is 1.13 bits per heavy atom. The molecule has 0 saturated carbocycles. The van der Waals surface area contributed by atoms with Crippen molar-refractivity contribution in [3.05, 3.63) is 74.2 Å². The molecule has 2 fully saturated rings. The van der Waals surface area contributed by atoms with Crippen molar-refractivity contribution in [2.75, 3.05) is 56.2 Å². The molecule has 0 radical (unpaired) electrons. The number of hydroxylamine groups is 2. The number of pyridine rings is 1. The lowest BCUT2D eigenvalue weighted by Crippen LogP contribution is -2.51. The molecule has 278 valence electrons. The summed E-state index contributed by atoms with van der Waals surface area (Å²) < 4.78 is 54.0. The van der Waals surface area contributed by atoms with Gasteiger partial charge in [-0.15, -0.1) is 10.2 Å². The molecule has 15 nitrogen and oxygen atoms in total. The first-order valence-corrected chi connectivity index (χ1v) is 17.6. The van der Waals surface area contributed by atoms with Gasteiger partial charge in [0.25, 0.3) is 11.5 Å². The number of hydrogen-bond donors (Lipinski definition) is 2. The maximum atomic E-state index is 14.4. The van der Waals surface area contributed by atoms with Gasteiger partial charge in [0.15, 0.2) is 23.0 Å². The van der Waals surface area contributed by atoms with Gasteiger partial charge in [-0.05, 0) is 36.6 Å². The minimum Gasteiger partial charge on any atom is -0.503 e. The van der Waals surface area contributed by atoms with Gasteiger partial charge in [0.1, 0.15) is 11.9 Å². The van der Waals surface area contributed by atoms with Crippen LogP contribution in [0, 0.1) is 0 Å². The summed E-state index contributed by atoms with van der Waals surface area (Å²) in [5, 5.41) is 20.1. The Kier molecular flexibility index (Phi) is 8.06. The van der Waals surface area contributed by atoms with Crippen molar-refractivity contribution in [3.63, 3.8) is 0 Å². The highest BCUT2D eigenvalue weighted by atomic mass is 35.5. The predicted molar refractivity (Wildman–Crippen MR) is 183 cm³/mol. The van der Waals surface area contributed by atoms with Crippen molar-refractivity contribution in [3.8, 4) is 11.5 Å². The highest BCUT2D eigenvalue weighted by Crippen LogP contribution is 2.47. The van der Waals surface area contributed by atoms with Crippen LogP contribution in [0.2, 0.25) is 5.02 Å². The molecule has 19 heteroatoms. The third-order valence-electron chi connectivity index (χ3n) is 10.3. The molecule has 2 unspecified atom stereocenters. The van der Waals surface area contributed by atoms with Gasteiger partial charge in [-0.25, -0.2) is 9.82 Å². The van der Waals surface area contributed by atoms with Crippen LogP contribution in [-0.4, -0.2) is 97.5 Å². The van der Waals surface area contributed by atoms with Crippen LogP contribution in [0.15, 0.2) is 35.3 Å². The van der Waals surface area contributed by atoms with E-state index in [1.807, 2.05) is 22.5 Å². The number of rotatable bonds is 6. The number of piperazine rings is 1. The Morgan fingerprint density at radius 3 is 2.68 bits per heavy atom. The third-order valence-corrected chi connectivity index (χ3v) is 10.7. The van der Waals surface area contributed by atoms with Crippen molar-refractivity contribution in [2.45, 2.75) is 50.8 Å². The van der Waals surface area contributed by atoms with Crippen molar-refractivity contribution in [1.82, 2.24) is 34.1 Å². The van der Waals surface area contributed by atoms with E-state index in [1.165, 1.54) is 10.6 Å². The van der Waals surface area contributed by atoms with Gasteiger partial charge in [-0.2, -0.15) is 22.7 Å². The molecule has 0 aliphatic carbocycles. The summed E-state index contributed by atoms with van der Waals surface area (Å²) in [5.74, 6) is 0.183. The molecule has 4 atom stereocenters. The molecular weight excluding hydrogens is 723 g/mol. The van der Waals surface area contributed by atoms with E-state index in [2.05, 4.69) is 15.4 Å². The van der Waals surface area contributed by atoms with E-state index < -0.39 is 30.2 Å². The van der Waals surface area contributed by atoms with Gasteiger partial charge < -0.3 is 29.7 Å². The van der Waals surface area contributed by atoms with Gasteiger partial charge in [0.05, 0.1) is 41.8 Å². The van der Waals surface area contributed by atoms with E-state index in [9.17, 15) is 27.9 Å². The van der Waals surface area contributed by atoms with Gasteiger partial charge in [0, 0.05) is 50.3 Å². The fourth-order valence-corrected chi connectivity index (χ4v) is 7.85. The minimum absolute atomic E-state index is 0.0743. The van der Waals surface area contributed by atoms with Crippen molar-refractivity contribution in [2.24, 2.45) is 0 Å². The molecule has 3 aromatic heterocycles.